The summed E-state index contributed by atoms with van der Waals surface area (Å²) in [6.45, 7) is 0. The molecule has 0 N–H and O–H groups in total. The number of benzene rings is 9. The Morgan fingerprint density at radius 3 is 1.58 bits per heavy atom. The molecule has 0 atom stereocenters. The number of fused-ring (bicyclic) bond motifs is 10. The molecule has 13 rings (SSSR count). The predicted molar refractivity (Wildman–Crippen MR) is 269 cm³/mol. The quantitative estimate of drug-likeness (QED) is 0.166. The molecule has 0 saturated heterocycles. The molecule has 0 aliphatic heterocycles. The van der Waals surface area contributed by atoms with Crippen molar-refractivity contribution in [2.24, 2.45) is 0 Å². The molecular formula is C59H34N8. The highest BCUT2D eigenvalue weighted by molar-refractivity contribution is 6.26. The van der Waals surface area contributed by atoms with Gasteiger partial charge in [-0.2, -0.15) is 20.5 Å². The van der Waals surface area contributed by atoms with Gasteiger partial charge in [-0.1, -0.05) is 140 Å². The minimum atomic E-state index is 0.406. The molecule has 13 aromatic rings. The second-order valence-electron chi connectivity index (χ2n) is 16.6. The van der Waals surface area contributed by atoms with E-state index in [1.54, 1.807) is 0 Å². The summed E-state index contributed by atoms with van der Waals surface area (Å²) in [7, 11) is 0. The van der Waals surface area contributed by atoms with Gasteiger partial charge in [0.2, 0.25) is 5.95 Å². The van der Waals surface area contributed by atoms with Crippen LogP contribution in [0.1, 0.15) is 11.1 Å². The van der Waals surface area contributed by atoms with Gasteiger partial charge in [0.25, 0.3) is 0 Å². The van der Waals surface area contributed by atoms with Crippen molar-refractivity contribution in [1.29, 1.82) is 10.5 Å². The fourth-order valence-electron chi connectivity index (χ4n) is 10.2. The van der Waals surface area contributed by atoms with Crippen LogP contribution in [0.5, 0.6) is 0 Å². The largest absolute Gasteiger partial charge is 0.309 e. The Morgan fingerprint density at radius 1 is 0.358 bits per heavy atom. The molecule has 0 spiro atoms. The maximum Gasteiger partial charge on any atom is 0.238 e. The third kappa shape index (κ3) is 5.74. The number of rotatable bonds is 6. The van der Waals surface area contributed by atoms with E-state index < -0.39 is 0 Å². The van der Waals surface area contributed by atoms with Crippen molar-refractivity contribution >= 4 is 65.4 Å². The second-order valence-corrected chi connectivity index (χ2v) is 16.6. The monoisotopic (exact) mass is 854 g/mol. The first-order valence-corrected chi connectivity index (χ1v) is 22.1. The minimum Gasteiger partial charge on any atom is -0.309 e. The third-order valence-corrected chi connectivity index (χ3v) is 13.0. The zero-order valence-electron chi connectivity index (χ0n) is 35.7. The van der Waals surface area contributed by atoms with Crippen LogP contribution in [0.25, 0.3) is 117 Å². The van der Waals surface area contributed by atoms with E-state index in [1.165, 1.54) is 0 Å². The molecule has 8 heteroatoms. The lowest BCUT2D eigenvalue weighted by molar-refractivity contribution is 0.953. The zero-order chi connectivity index (χ0) is 44.6. The molecular weight excluding hydrogens is 821 g/mol. The van der Waals surface area contributed by atoms with Gasteiger partial charge < -0.3 is 9.13 Å². The summed E-state index contributed by atoms with van der Waals surface area (Å²) in [5.74, 6) is 1.28. The van der Waals surface area contributed by atoms with Crippen LogP contribution in [0.4, 0.5) is 0 Å². The molecule has 0 saturated carbocycles. The van der Waals surface area contributed by atoms with Crippen LogP contribution in [0.2, 0.25) is 0 Å². The molecule has 0 amide bonds. The fourth-order valence-corrected chi connectivity index (χ4v) is 10.2. The summed E-state index contributed by atoms with van der Waals surface area (Å²) < 4.78 is 6.66. The lowest BCUT2D eigenvalue weighted by Crippen LogP contribution is -2.07. The fraction of sp³-hybridized carbons (Fsp3) is 0. The van der Waals surface area contributed by atoms with E-state index >= 15 is 0 Å². The van der Waals surface area contributed by atoms with E-state index in [-0.39, 0.29) is 0 Å². The summed E-state index contributed by atoms with van der Waals surface area (Å²) in [5, 5.41) is 28.0. The maximum absolute atomic E-state index is 11.2. The van der Waals surface area contributed by atoms with Crippen LogP contribution in [0.15, 0.2) is 206 Å². The standard InChI is InChI=1S/C59H34N8/c60-35-38-16-4-5-19-41(38)42-20-6-7-24-47(42)58-62-57(63-59(64-58)67-51-27-13-8-21-43(51)44-22-9-14-28-52(44)67)37-30-32-49(39(34-37)36-61)66-50-26-12-10-23-45(50)46-31-33-54-55(56(46)66)48-25-11-15-29-53(48)65(54)40-17-2-1-3-18-40/h1-34H. The number of para-hydroxylation sites is 5. The highest BCUT2D eigenvalue weighted by Crippen LogP contribution is 2.43. The van der Waals surface area contributed by atoms with Gasteiger partial charge in [0.05, 0.1) is 56.0 Å². The van der Waals surface area contributed by atoms with Gasteiger partial charge in [-0.25, -0.2) is 4.98 Å². The molecule has 4 aromatic heterocycles. The van der Waals surface area contributed by atoms with Crippen molar-refractivity contribution in [3.63, 3.8) is 0 Å². The van der Waals surface area contributed by atoms with Gasteiger partial charge in [-0.15, -0.1) is 0 Å². The zero-order valence-corrected chi connectivity index (χ0v) is 35.7. The lowest BCUT2D eigenvalue weighted by atomic mass is 9.95. The smallest absolute Gasteiger partial charge is 0.238 e. The molecule has 9 aromatic carbocycles. The highest BCUT2D eigenvalue weighted by Gasteiger charge is 2.24. The number of hydrogen-bond acceptors (Lipinski definition) is 5. The number of hydrogen-bond donors (Lipinski definition) is 0. The molecule has 0 bridgehead atoms. The first-order chi connectivity index (χ1) is 33.2. The van der Waals surface area contributed by atoms with Gasteiger partial charge in [0.15, 0.2) is 11.6 Å². The van der Waals surface area contributed by atoms with Crippen molar-refractivity contribution in [3.05, 3.63) is 217 Å². The van der Waals surface area contributed by atoms with Crippen molar-refractivity contribution in [2.45, 2.75) is 0 Å². The summed E-state index contributed by atoms with van der Waals surface area (Å²) in [4.78, 5) is 15.7. The molecule has 0 fully saturated rings. The second kappa shape index (κ2) is 15.0. The highest BCUT2D eigenvalue weighted by atomic mass is 15.2. The van der Waals surface area contributed by atoms with Crippen LogP contribution < -0.4 is 0 Å². The molecule has 4 heterocycles. The minimum absolute atomic E-state index is 0.406. The molecule has 0 aliphatic rings. The molecule has 0 unspecified atom stereocenters. The van der Waals surface area contributed by atoms with E-state index in [4.69, 9.17) is 15.0 Å². The van der Waals surface area contributed by atoms with E-state index in [0.717, 1.165) is 93.5 Å². The van der Waals surface area contributed by atoms with Crippen molar-refractivity contribution < 1.29 is 0 Å². The Kier molecular flexibility index (Phi) is 8.48. The topological polar surface area (TPSA) is 101 Å². The van der Waals surface area contributed by atoms with Crippen molar-refractivity contribution in [1.82, 2.24) is 28.7 Å². The molecule has 8 nitrogen and oxygen atoms in total. The summed E-state index contributed by atoms with van der Waals surface area (Å²) in [5.41, 5.74) is 12.0. The SMILES string of the molecule is N#Cc1ccccc1-c1ccccc1-c1nc(-c2ccc(-n3c4ccccc4c4ccc5c(c6ccccc6n5-c5ccccc5)c43)c(C#N)c2)nc(-n2c3ccccc3c3ccccc32)n1. The number of aromatic nitrogens is 6. The van der Waals surface area contributed by atoms with Crippen molar-refractivity contribution in [2.75, 3.05) is 0 Å². The molecule has 0 aliphatic carbocycles. The van der Waals surface area contributed by atoms with Crippen LogP contribution in [0, 0.1) is 22.7 Å². The van der Waals surface area contributed by atoms with E-state index in [9.17, 15) is 10.5 Å². The molecule has 310 valence electrons. The van der Waals surface area contributed by atoms with Gasteiger partial charge >= 0.3 is 0 Å². The average molecular weight is 855 g/mol. The van der Waals surface area contributed by atoms with Gasteiger partial charge in [0.1, 0.15) is 6.07 Å². The van der Waals surface area contributed by atoms with Gasteiger partial charge in [-0.05, 0) is 72.3 Å². The molecule has 0 radical (unpaired) electrons. The third-order valence-electron chi connectivity index (χ3n) is 13.0. The van der Waals surface area contributed by atoms with Crippen LogP contribution in [-0.4, -0.2) is 28.7 Å². The first kappa shape index (κ1) is 37.9. The first-order valence-electron chi connectivity index (χ1n) is 22.1. The Bertz CT molecular complexity index is 4200. The summed E-state index contributed by atoms with van der Waals surface area (Å²) >= 11 is 0. The van der Waals surface area contributed by atoms with E-state index in [0.29, 0.717) is 34.3 Å². The van der Waals surface area contributed by atoms with Gasteiger partial charge in [-0.3, -0.25) is 4.57 Å². The van der Waals surface area contributed by atoms with Crippen LogP contribution in [0.3, 0.4) is 0 Å². The van der Waals surface area contributed by atoms with E-state index in [2.05, 4.69) is 135 Å². The van der Waals surface area contributed by atoms with E-state index in [1.807, 2.05) is 97.1 Å². The lowest BCUT2D eigenvalue weighted by Gasteiger charge is -2.15. The number of nitriles is 2. The Labute approximate surface area is 383 Å². The summed E-state index contributed by atoms with van der Waals surface area (Å²) in [6, 6.07) is 74.7. The Balaban J connectivity index is 1.07. The maximum atomic E-state index is 11.2. The summed E-state index contributed by atoms with van der Waals surface area (Å²) in [6.07, 6.45) is 0. The van der Waals surface area contributed by atoms with Gasteiger partial charge in [0, 0.05) is 54.7 Å². The molecule has 67 heavy (non-hydrogen) atoms. The van der Waals surface area contributed by atoms with Crippen molar-refractivity contribution in [3.8, 4) is 63.4 Å². The Morgan fingerprint density at radius 2 is 0.896 bits per heavy atom. The predicted octanol–water partition coefficient (Wildman–Crippen LogP) is 13.9. The normalized spacial score (nSPS) is 11.6. The average Bonchev–Trinajstić information content (AvgIpc) is 4.04. The van der Waals surface area contributed by atoms with Crippen LogP contribution in [-0.2, 0) is 0 Å². The Hall–Kier alpha value is -9.63. The van der Waals surface area contributed by atoms with Crippen LogP contribution >= 0.6 is 0 Å². The number of nitrogens with zero attached hydrogens (tertiary/aromatic N) is 8.